The van der Waals surface area contributed by atoms with Crippen LogP contribution in [-0.2, 0) is 18.4 Å². The van der Waals surface area contributed by atoms with Crippen LogP contribution in [0.25, 0.3) is 11.0 Å². The minimum atomic E-state index is -0.678. The number of hydrogen-bond donors (Lipinski definition) is 1. The van der Waals surface area contributed by atoms with Crippen LogP contribution in [-0.4, -0.2) is 38.1 Å². The number of nitrogens with zero attached hydrogens (tertiary/aromatic N) is 4. The van der Waals surface area contributed by atoms with E-state index in [0.29, 0.717) is 18.8 Å². The molecular weight excluding hydrogens is 325 g/mol. The molecule has 1 aromatic carbocycles. The molecule has 8 heteroatoms. The Morgan fingerprint density at radius 2 is 2.08 bits per heavy atom. The zero-order chi connectivity index (χ0) is 18.0. The molecule has 1 amide bonds. The van der Waals surface area contributed by atoms with Crippen molar-refractivity contribution in [3.63, 3.8) is 0 Å². The number of rotatable bonds is 6. The van der Waals surface area contributed by atoms with Crippen LogP contribution in [0.3, 0.4) is 0 Å². The third-order valence-corrected chi connectivity index (χ3v) is 3.93. The van der Waals surface area contributed by atoms with Gasteiger partial charge in [-0.2, -0.15) is 10.2 Å². The summed E-state index contributed by atoms with van der Waals surface area (Å²) in [6.07, 6.45) is 1.08. The second-order valence-electron chi connectivity index (χ2n) is 5.82. The molecule has 1 N–H and O–H groups in total. The second-order valence-corrected chi connectivity index (χ2v) is 5.82. The van der Waals surface area contributed by atoms with E-state index in [1.807, 2.05) is 18.7 Å². The normalized spacial score (nSPS) is 12.3. The van der Waals surface area contributed by atoms with Crippen molar-refractivity contribution >= 4 is 16.9 Å². The first-order chi connectivity index (χ1) is 12.0. The van der Waals surface area contributed by atoms with Crippen molar-refractivity contribution < 1.29 is 13.9 Å². The topological polar surface area (TPSA) is 74.0 Å². The van der Waals surface area contributed by atoms with E-state index in [0.717, 1.165) is 16.7 Å². The van der Waals surface area contributed by atoms with E-state index in [1.165, 1.54) is 24.3 Å². The van der Waals surface area contributed by atoms with Crippen LogP contribution in [0, 0.1) is 12.7 Å². The van der Waals surface area contributed by atoms with Crippen molar-refractivity contribution in [1.29, 1.82) is 0 Å². The average Bonchev–Trinajstić information content (AvgIpc) is 3.12. The number of halogens is 1. The van der Waals surface area contributed by atoms with Gasteiger partial charge in [-0.15, -0.1) is 0 Å². The van der Waals surface area contributed by atoms with Gasteiger partial charge in [0.15, 0.2) is 6.10 Å². The van der Waals surface area contributed by atoms with Crippen LogP contribution in [0.15, 0.2) is 30.5 Å². The Labute approximate surface area is 144 Å². The van der Waals surface area contributed by atoms with Gasteiger partial charge in [-0.05, 0) is 38.1 Å². The van der Waals surface area contributed by atoms with Gasteiger partial charge < -0.3 is 10.1 Å². The predicted molar refractivity (Wildman–Crippen MR) is 90.7 cm³/mol. The maximum atomic E-state index is 12.9. The molecule has 0 aliphatic heterocycles. The van der Waals surface area contributed by atoms with Crippen LogP contribution in [0.1, 0.15) is 12.6 Å². The maximum absolute atomic E-state index is 12.9. The van der Waals surface area contributed by atoms with Gasteiger partial charge in [-0.1, -0.05) is 0 Å². The van der Waals surface area contributed by atoms with Gasteiger partial charge in [0.05, 0.1) is 18.4 Å². The molecule has 0 aliphatic carbocycles. The highest BCUT2D eigenvalue weighted by molar-refractivity contribution is 5.80. The lowest BCUT2D eigenvalue weighted by Gasteiger charge is -2.14. The smallest absolute Gasteiger partial charge is 0.260 e. The summed E-state index contributed by atoms with van der Waals surface area (Å²) in [6, 6.07) is 5.56. The molecule has 0 aliphatic rings. The lowest BCUT2D eigenvalue weighted by Crippen LogP contribution is -2.38. The van der Waals surface area contributed by atoms with Gasteiger partial charge in [-0.25, -0.2) is 4.39 Å². The quantitative estimate of drug-likeness (QED) is 0.739. The van der Waals surface area contributed by atoms with Crippen molar-refractivity contribution in [3.05, 3.63) is 42.0 Å². The van der Waals surface area contributed by atoms with Crippen LogP contribution < -0.4 is 10.1 Å². The largest absolute Gasteiger partial charge is 0.481 e. The summed E-state index contributed by atoms with van der Waals surface area (Å²) in [5, 5.41) is 11.5. The number of ether oxygens (including phenoxy) is 1. The molecule has 0 spiro atoms. The number of amides is 1. The lowest BCUT2D eigenvalue weighted by atomic mass is 10.3. The SMILES string of the molecule is Cc1nn(C)c2cnn(CCNC(=O)C(C)Oc3ccc(F)cc3)c12. The molecule has 0 saturated heterocycles. The van der Waals surface area contributed by atoms with Crippen LogP contribution in [0.2, 0.25) is 0 Å². The van der Waals surface area contributed by atoms with Gasteiger partial charge in [0.25, 0.3) is 5.91 Å². The zero-order valence-electron chi connectivity index (χ0n) is 14.4. The first-order valence-electron chi connectivity index (χ1n) is 8.01. The molecule has 2 aromatic heterocycles. The molecule has 0 bridgehead atoms. The fourth-order valence-corrected chi connectivity index (χ4v) is 2.68. The van der Waals surface area contributed by atoms with E-state index in [9.17, 15) is 9.18 Å². The van der Waals surface area contributed by atoms with Gasteiger partial charge in [0.2, 0.25) is 0 Å². The minimum Gasteiger partial charge on any atom is -0.481 e. The Hall–Kier alpha value is -2.90. The molecule has 7 nitrogen and oxygen atoms in total. The fourth-order valence-electron chi connectivity index (χ4n) is 2.68. The van der Waals surface area contributed by atoms with Crippen molar-refractivity contribution in [2.24, 2.45) is 7.05 Å². The summed E-state index contributed by atoms with van der Waals surface area (Å²) in [4.78, 5) is 12.1. The molecule has 1 unspecified atom stereocenters. The highest BCUT2D eigenvalue weighted by Gasteiger charge is 2.15. The third-order valence-electron chi connectivity index (χ3n) is 3.93. The minimum absolute atomic E-state index is 0.240. The fraction of sp³-hybridized carbons (Fsp3) is 0.353. The van der Waals surface area contributed by atoms with Gasteiger partial charge in [0.1, 0.15) is 22.6 Å². The first kappa shape index (κ1) is 16.9. The highest BCUT2D eigenvalue weighted by atomic mass is 19.1. The Balaban J connectivity index is 1.54. The molecule has 0 fully saturated rings. The molecule has 0 radical (unpaired) electrons. The Morgan fingerprint density at radius 1 is 1.36 bits per heavy atom. The summed E-state index contributed by atoms with van der Waals surface area (Å²) >= 11 is 0. The molecular formula is C17H20FN5O2. The van der Waals surface area contributed by atoms with Crippen LogP contribution in [0.5, 0.6) is 5.75 Å². The second kappa shape index (κ2) is 6.92. The maximum Gasteiger partial charge on any atom is 0.260 e. The van der Waals surface area contributed by atoms with Gasteiger partial charge >= 0.3 is 0 Å². The molecule has 132 valence electrons. The van der Waals surface area contributed by atoms with Crippen LogP contribution in [0.4, 0.5) is 4.39 Å². The van der Waals surface area contributed by atoms with E-state index in [4.69, 9.17) is 4.74 Å². The Morgan fingerprint density at radius 3 is 2.80 bits per heavy atom. The number of aryl methyl sites for hydroxylation is 2. The summed E-state index contributed by atoms with van der Waals surface area (Å²) in [5.74, 6) is -0.139. The first-order valence-corrected chi connectivity index (χ1v) is 8.01. The molecule has 0 saturated carbocycles. The van der Waals surface area contributed by atoms with E-state index < -0.39 is 6.10 Å². The molecule has 1 atom stereocenters. The Kier molecular flexibility index (Phi) is 4.69. The number of nitrogens with one attached hydrogen (secondary N) is 1. The van der Waals surface area contributed by atoms with E-state index in [-0.39, 0.29) is 11.7 Å². The van der Waals surface area contributed by atoms with E-state index in [2.05, 4.69) is 15.5 Å². The molecule has 25 heavy (non-hydrogen) atoms. The monoisotopic (exact) mass is 345 g/mol. The number of aromatic nitrogens is 4. The number of hydrogen-bond acceptors (Lipinski definition) is 4. The number of fused-ring (bicyclic) bond motifs is 1. The Bertz CT molecular complexity index is 884. The molecule has 3 aromatic rings. The standard InChI is InChI=1S/C17H20FN5O2/c1-11-16-15(22(3)21-11)10-20-23(16)9-8-19-17(24)12(2)25-14-6-4-13(18)5-7-14/h4-7,10,12H,8-9H2,1-3H3,(H,19,24). The number of carbonyl (C=O) groups excluding carboxylic acids is 1. The van der Waals surface area contributed by atoms with Crippen molar-refractivity contribution in [3.8, 4) is 5.75 Å². The zero-order valence-corrected chi connectivity index (χ0v) is 14.4. The van der Waals surface area contributed by atoms with E-state index >= 15 is 0 Å². The molecule has 2 heterocycles. The predicted octanol–water partition coefficient (Wildman–Crippen LogP) is 1.80. The van der Waals surface area contributed by atoms with Crippen molar-refractivity contribution in [2.45, 2.75) is 26.5 Å². The summed E-state index contributed by atoms with van der Waals surface area (Å²) in [7, 11) is 1.87. The van der Waals surface area contributed by atoms with Crippen molar-refractivity contribution in [1.82, 2.24) is 24.9 Å². The summed E-state index contributed by atoms with van der Waals surface area (Å²) in [6.45, 7) is 4.53. The number of carbonyl (C=O) groups is 1. The number of benzene rings is 1. The average molecular weight is 345 g/mol. The molecule has 3 rings (SSSR count). The van der Waals surface area contributed by atoms with Gasteiger partial charge in [-0.3, -0.25) is 14.2 Å². The lowest BCUT2D eigenvalue weighted by molar-refractivity contribution is -0.127. The highest BCUT2D eigenvalue weighted by Crippen LogP contribution is 2.16. The summed E-state index contributed by atoms with van der Waals surface area (Å²) in [5.41, 5.74) is 2.82. The van der Waals surface area contributed by atoms with Gasteiger partial charge in [0, 0.05) is 13.6 Å². The third kappa shape index (κ3) is 3.62. The summed E-state index contributed by atoms with van der Waals surface area (Å²) < 4.78 is 22.0. The van der Waals surface area contributed by atoms with Crippen molar-refractivity contribution in [2.75, 3.05) is 6.54 Å². The van der Waals surface area contributed by atoms with Crippen LogP contribution >= 0.6 is 0 Å². The van der Waals surface area contributed by atoms with E-state index in [1.54, 1.807) is 17.8 Å².